The molecule has 3 amide bonds. The summed E-state index contributed by atoms with van der Waals surface area (Å²) < 4.78 is 16.8. The van der Waals surface area contributed by atoms with Crippen molar-refractivity contribution in [1.29, 1.82) is 0 Å². The lowest BCUT2D eigenvalue weighted by atomic mass is 9.90. The first-order valence-electron chi connectivity index (χ1n) is 11.8. The fourth-order valence-electron chi connectivity index (χ4n) is 4.51. The number of imide groups is 1. The summed E-state index contributed by atoms with van der Waals surface area (Å²) in [6.45, 7) is 1.81. The molecule has 0 saturated carbocycles. The van der Waals surface area contributed by atoms with Gasteiger partial charge < -0.3 is 19.2 Å². The Hall–Kier alpha value is -4.66. The maximum Gasteiger partial charge on any atom is 0.326 e. The molecule has 2 heterocycles. The minimum absolute atomic E-state index is 0.00532. The third-order valence-electron chi connectivity index (χ3n) is 6.49. The molecule has 4 aromatic rings. The maximum atomic E-state index is 14.1. The largest absolute Gasteiger partial charge is 0.497 e. The lowest BCUT2D eigenvalue weighted by molar-refractivity contribution is -0.133. The third-order valence-corrected chi connectivity index (χ3v) is 6.49. The highest BCUT2D eigenvalue weighted by molar-refractivity contribution is 6.07. The lowest BCUT2D eigenvalue weighted by Crippen LogP contribution is -2.46. The van der Waals surface area contributed by atoms with Gasteiger partial charge in [-0.1, -0.05) is 60.7 Å². The van der Waals surface area contributed by atoms with Gasteiger partial charge in [-0.2, -0.15) is 0 Å². The minimum atomic E-state index is -1.57. The molecular formula is C28H26N4O5. The number of nitrogens with one attached hydrogen (secondary N) is 1. The van der Waals surface area contributed by atoms with Crippen LogP contribution in [-0.4, -0.2) is 41.3 Å². The molecule has 0 spiro atoms. The van der Waals surface area contributed by atoms with Crippen LogP contribution >= 0.6 is 0 Å². The smallest absolute Gasteiger partial charge is 0.326 e. The first kappa shape index (κ1) is 24.1. The number of nitrogens with zero attached hydrogens (tertiary/aromatic N) is 3. The topological polar surface area (TPSA) is 107 Å². The fourth-order valence-corrected chi connectivity index (χ4v) is 4.51. The molecule has 0 radical (unpaired) electrons. The van der Waals surface area contributed by atoms with Crippen molar-refractivity contribution in [3.8, 4) is 23.0 Å². The van der Waals surface area contributed by atoms with E-state index < -0.39 is 23.5 Å². The molecule has 2 atom stereocenters. The zero-order chi connectivity index (χ0) is 26.0. The Morgan fingerprint density at radius 3 is 2.16 bits per heavy atom. The summed E-state index contributed by atoms with van der Waals surface area (Å²) in [6.07, 6.45) is 0.138. The molecule has 1 N–H and O–H groups in total. The van der Waals surface area contributed by atoms with Crippen LogP contribution < -0.4 is 14.8 Å². The molecule has 1 fully saturated rings. The number of carbonyl (C=O) groups is 2. The second-order valence-corrected chi connectivity index (χ2v) is 8.77. The summed E-state index contributed by atoms with van der Waals surface area (Å²) in [5, 5.41) is 11.3. The highest BCUT2D eigenvalue weighted by Gasteiger charge is 2.57. The Balaban J connectivity index is 1.58. The minimum Gasteiger partial charge on any atom is -0.497 e. The monoisotopic (exact) mass is 498 g/mol. The Morgan fingerprint density at radius 2 is 1.54 bits per heavy atom. The van der Waals surface area contributed by atoms with E-state index in [1.54, 1.807) is 32.4 Å². The van der Waals surface area contributed by atoms with E-state index in [2.05, 4.69) is 15.5 Å². The first-order valence-corrected chi connectivity index (χ1v) is 11.8. The van der Waals surface area contributed by atoms with Crippen molar-refractivity contribution in [2.75, 3.05) is 14.2 Å². The van der Waals surface area contributed by atoms with Gasteiger partial charge in [-0.05, 0) is 30.2 Å². The summed E-state index contributed by atoms with van der Waals surface area (Å²) in [5.41, 5.74) is 0.635. The fraction of sp³-hybridized carbons (Fsp3) is 0.214. The van der Waals surface area contributed by atoms with Gasteiger partial charge in [0.25, 0.3) is 11.8 Å². The molecule has 2 unspecified atom stereocenters. The van der Waals surface area contributed by atoms with Gasteiger partial charge in [-0.3, -0.25) is 9.69 Å². The number of rotatable bonds is 8. The van der Waals surface area contributed by atoms with E-state index in [0.717, 1.165) is 11.1 Å². The molecule has 1 aliphatic heterocycles. The number of hydrogen-bond acceptors (Lipinski definition) is 7. The second-order valence-electron chi connectivity index (χ2n) is 8.77. The standard InChI is InChI=1S/C28H26N4O5/c1-18(20-12-8-5-9-13-20)32-26(33)28(29-27(32)34,17-19-10-6-4-7-11-19)25-31-30-24(37-25)21-14-22(35-2)16-23(15-21)36-3/h4-16,18H,17H2,1-3H3,(H,29,34). The van der Waals surface area contributed by atoms with Crippen molar-refractivity contribution in [3.05, 3.63) is 95.9 Å². The van der Waals surface area contributed by atoms with E-state index >= 15 is 0 Å². The molecule has 9 nitrogen and oxygen atoms in total. The van der Waals surface area contributed by atoms with Crippen molar-refractivity contribution < 1.29 is 23.5 Å². The van der Waals surface area contributed by atoms with Crippen molar-refractivity contribution in [2.24, 2.45) is 0 Å². The lowest BCUT2D eigenvalue weighted by Gasteiger charge is -2.25. The molecule has 1 saturated heterocycles. The van der Waals surface area contributed by atoms with Gasteiger partial charge in [0.2, 0.25) is 11.4 Å². The number of ether oxygens (including phenoxy) is 2. The predicted octanol–water partition coefficient (Wildman–Crippen LogP) is 4.50. The van der Waals surface area contributed by atoms with Crippen molar-refractivity contribution in [2.45, 2.75) is 24.9 Å². The van der Waals surface area contributed by atoms with Crippen molar-refractivity contribution in [1.82, 2.24) is 20.4 Å². The van der Waals surface area contributed by atoms with E-state index in [0.29, 0.717) is 17.1 Å². The molecule has 1 aromatic heterocycles. The van der Waals surface area contributed by atoms with Crippen LogP contribution in [0.4, 0.5) is 4.79 Å². The van der Waals surface area contributed by atoms with E-state index in [-0.39, 0.29) is 18.2 Å². The van der Waals surface area contributed by atoms with E-state index in [9.17, 15) is 9.59 Å². The zero-order valence-electron chi connectivity index (χ0n) is 20.7. The second kappa shape index (κ2) is 9.77. The number of urea groups is 1. The summed E-state index contributed by atoms with van der Waals surface area (Å²) in [6, 6.07) is 22.9. The normalized spacial score (nSPS) is 18.0. The summed E-state index contributed by atoms with van der Waals surface area (Å²) in [5.74, 6) is 0.782. The van der Waals surface area contributed by atoms with Gasteiger partial charge in [0.05, 0.1) is 20.3 Å². The number of hydrogen-bond donors (Lipinski definition) is 1. The number of benzene rings is 3. The molecule has 5 rings (SSSR count). The summed E-state index contributed by atoms with van der Waals surface area (Å²) >= 11 is 0. The SMILES string of the molecule is COc1cc(OC)cc(-c2nnc(C3(Cc4ccccc4)NC(=O)N(C(C)c4ccccc4)C3=O)o2)c1. The Labute approximate surface area is 214 Å². The molecular weight excluding hydrogens is 472 g/mol. The highest BCUT2D eigenvalue weighted by Crippen LogP contribution is 2.38. The number of carbonyl (C=O) groups excluding carboxylic acids is 2. The van der Waals surface area contributed by atoms with E-state index in [4.69, 9.17) is 13.9 Å². The average molecular weight is 499 g/mol. The zero-order valence-corrected chi connectivity index (χ0v) is 20.7. The third kappa shape index (κ3) is 4.40. The van der Waals surface area contributed by atoms with E-state index in [1.807, 2.05) is 67.6 Å². The molecule has 0 aliphatic carbocycles. The summed E-state index contributed by atoms with van der Waals surface area (Å²) in [7, 11) is 3.09. The number of aromatic nitrogens is 2. The predicted molar refractivity (Wildman–Crippen MR) is 135 cm³/mol. The van der Waals surface area contributed by atoms with Crippen LogP contribution in [0.1, 0.15) is 30.0 Å². The molecule has 1 aliphatic rings. The van der Waals surface area contributed by atoms with Crippen LogP contribution in [0, 0.1) is 0 Å². The molecule has 3 aromatic carbocycles. The molecule has 188 valence electrons. The van der Waals surface area contributed by atoms with Crippen molar-refractivity contribution in [3.63, 3.8) is 0 Å². The van der Waals surface area contributed by atoms with Crippen LogP contribution in [0.25, 0.3) is 11.5 Å². The quantitative estimate of drug-likeness (QED) is 0.356. The van der Waals surface area contributed by atoms with Gasteiger partial charge >= 0.3 is 6.03 Å². The number of amides is 3. The molecule has 37 heavy (non-hydrogen) atoms. The van der Waals surface area contributed by atoms with Gasteiger partial charge in [-0.15, -0.1) is 10.2 Å². The molecule has 9 heteroatoms. The van der Waals surface area contributed by atoms with Gasteiger partial charge in [-0.25, -0.2) is 4.79 Å². The highest BCUT2D eigenvalue weighted by atomic mass is 16.5. The van der Waals surface area contributed by atoms with Gasteiger partial charge in [0.15, 0.2) is 0 Å². The maximum absolute atomic E-state index is 14.1. The van der Waals surface area contributed by atoms with Crippen LogP contribution in [0.2, 0.25) is 0 Å². The first-order chi connectivity index (χ1) is 17.9. The Bertz CT molecular complexity index is 1400. The Morgan fingerprint density at radius 1 is 0.919 bits per heavy atom. The van der Waals surface area contributed by atoms with Crippen LogP contribution in [-0.2, 0) is 16.8 Å². The van der Waals surface area contributed by atoms with Crippen LogP contribution in [0.5, 0.6) is 11.5 Å². The average Bonchev–Trinajstić information content (AvgIpc) is 3.53. The summed E-state index contributed by atoms with van der Waals surface area (Å²) in [4.78, 5) is 28.6. The van der Waals surface area contributed by atoms with Crippen LogP contribution in [0.15, 0.2) is 83.3 Å². The van der Waals surface area contributed by atoms with Crippen LogP contribution in [0.3, 0.4) is 0 Å². The van der Waals surface area contributed by atoms with Gasteiger partial charge in [0.1, 0.15) is 11.5 Å². The number of methoxy groups -OCH3 is 2. The molecule has 0 bridgehead atoms. The van der Waals surface area contributed by atoms with E-state index in [1.165, 1.54) is 4.90 Å². The van der Waals surface area contributed by atoms with Crippen molar-refractivity contribution >= 4 is 11.9 Å². The van der Waals surface area contributed by atoms with Gasteiger partial charge in [0, 0.05) is 18.1 Å². The Kier molecular flexibility index (Phi) is 6.35.